The van der Waals surface area contributed by atoms with Crippen LogP contribution in [0.5, 0.6) is 5.75 Å². The van der Waals surface area contributed by atoms with E-state index in [-0.39, 0.29) is 0 Å². The first-order chi connectivity index (χ1) is 7.71. The molecule has 1 atom stereocenters. The molecule has 0 heterocycles. The first kappa shape index (κ1) is 13.5. The zero-order valence-electron chi connectivity index (χ0n) is 10.2. The smallest absolute Gasteiger partial charge is 0.133 e. The Hall–Kier alpha value is -0.540. The molecule has 1 rings (SSSR count). The molecule has 3 heteroatoms. The van der Waals surface area contributed by atoms with Gasteiger partial charge in [0, 0.05) is 6.04 Å². The summed E-state index contributed by atoms with van der Waals surface area (Å²) in [7, 11) is 1.69. The number of halogens is 1. The minimum Gasteiger partial charge on any atom is -0.496 e. The van der Waals surface area contributed by atoms with Crippen molar-refractivity contribution in [2.24, 2.45) is 0 Å². The Kier molecular flexibility index (Phi) is 5.85. The van der Waals surface area contributed by atoms with Gasteiger partial charge < -0.3 is 10.1 Å². The molecular formula is C13H20BrNO. The van der Waals surface area contributed by atoms with Gasteiger partial charge in [-0.25, -0.2) is 0 Å². The maximum atomic E-state index is 5.22. The van der Waals surface area contributed by atoms with Gasteiger partial charge in [0.15, 0.2) is 0 Å². The molecule has 0 aromatic heterocycles. The molecule has 1 aromatic rings. The molecule has 90 valence electrons. The Bertz CT molecular complexity index is 328. The van der Waals surface area contributed by atoms with E-state index in [0.29, 0.717) is 6.04 Å². The van der Waals surface area contributed by atoms with E-state index in [2.05, 4.69) is 47.2 Å². The van der Waals surface area contributed by atoms with E-state index in [1.54, 1.807) is 7.11 Å². The molecule has 0 radical (unpaired) electrons. The number of ether oxygens (including phenoxy) is 1. The van der Waals surface area contributed by atoms with Gasteiger partial charge in [0.2, 0.25) is 0 Å². The second kappa shape index (κ2) is 6.92. The number of rotatable bonds is 6. The quantitative estimate of drug-likeness (QED) is 0.865. The van der Waals surface area contributed by atoms with Gasteiger partial charge in [-0.2, -0.15) is 0 Å². The first-order valence-corrected chi connectivity index (χ1v) is 6.56. The van der Waals surface area contributed by atoms with Gasteiger partial charge in [-0.05, 0) is 53.0 Å². The van der Waals surface area contributed by atoms with Gasteiger partial charge in [-0.3, -0.25) is 0 Å². The van der Waals surface area contributed by atoms with Crippen molar-refractivity contribution in [2.45, 2.75) is 32.7 Å². The monoisotopic (exact) mass is 285 g/mol. The minimum absolute atomic E-state index is 0.560. The molecule has 0 fully saturated rings. The molecule has 2 nitrogen and oxygen atoms in total. The van der Waals surface area contributed by atoms with Gasteiger partial charge in [-0.1, -0.05) is 19.9 Å². The summed E-state index contributed by atoms with van der Waals surface area (Å²) in [5.74, 6) is 0.889. The molecule has 1 N–H and O–H groups in total. The van der Waals surface area contributed by atoms with Crippen molar-refractivity contribution in [3.05, 3.63) is 28.2 Å². The van der Waals surface area contributed by atoms with Crippen LogP contribution in [-0.4, -0.2) is 19.7 Å². The number of benzene rings is 1. The van der Waals surface area contributed by atoms with E-state index >= 15 is 0 Å². The minimum atomic E-state index is 0.560. The fraction of sp³-hybridized carbons (Fsp3) is 0.538. The number of nitrogens with one attached hydrogen (secondary N) is 1. The number of likely N-dealkylation sites (N-methyl/N-ethyl adjacent to an activating group) is 1. The lowest BCUT2D eigenvalue weighted by Crippen LogP contribution is -2.30. The third kappa shape index (κ3) is 3.80. The number of hydrogen-bond acceptors (Lipinski definition) is 2. The summed E-state index contributed by atoms with van der Waals surface area (Å²) in [5, 5.41) is 3.48. The highest BCUT2D eigenvalue weighted by atomic mass is 79.9. The van der Waals surface area contributed by atoms with Crippen LogP contribution < -0.4 is 10.1 Å². The molecule has 16 heavy (non-hydrogen) atoms. The Labute approximate surface area is 107 Å². The highest BCUT2D eigenvalue weighted by molar-refractivity contribution is 9.10. The van der Waals surface area contributed by atoms with Crippen molar-refractivity contribution in [1.82, 2.24) is 5.32 Å². The lowest BCUT2D eigenvalue weighted by Gasteiger charge is -2.16. The molecule has 1 aromatic carbocycles. The Morgan fingerprint density at radius 2 is 2.12 bits per heavy atom. The Morgan fingerprint density at radius 1 is 1.38 bits per heavy atom. The van der Waals surface area contributed by atoms with Crippen LogP contribution >= 0.6 is 15.9 Å². The Morgan fingerprint density at radius 3 is 2.62 bits per heavy atom. The average molecular weight is 286 g/mol. The SMILES string of the molecule is CCNC(CC)Cc1ccc(OC)c(Br)c1. The summed E-state index contributed by atoms with van der Waals surface area (Å²) in [6.07, 6.45) is 2.21. The fourth-order valence-corrected chi connectivity index (χ4v) is 2.36. The molecule has 0 aliphatic heterocycles. The standard InChI is InChI=1S/C13H20BrNO/c1-4-11(15-5-2)8-10-6-7-13(16-3)12(14)9-10/h6-7,9,11,15H,4-5,8H2,1-3H3. The van der Waals surface area contributed by atoms with Crippen LogP contribution in [0, 0.1) is 0 Å². The second-order valence-corrected chi connectivity index (χ2v) is 4.69. The van der Waals surface area contributed by atoms with Crippen molar-refractivity contribution in [1.29, 1.82) is 0 Å². The van der Waals surface area contributed by atoms with Crippen LogP contribution in [0.1, 0.15) is 25.8 Å². The molecule has 0 bridgehead atoms. The summed E-state index contributed by atoms with van der Waals surface area (Å²) >= 11 is 3.51. The molecule has 0 amide bonds. The first-order valence-electron chi connectivity index (χ1n) is 5.77. The topological polar surface area (TPSA) is 21.3 Å². The molecule has 0 aliphatic rings. The molecule has 0 saturated carbocycles. The maximum Gasteiger partial charge on any atom is 0.133 e. The predicted molar refractivity (Wildman–Crippen MR) is 72.2 cm³/mol. The van der Waals surface area contributed by atoms with Gasteiger partial charge in [0.25, 0.3) is 0 Å². The van der Waals surface area contributed by atoms with Crippen LogP contribution in [0.3, 0.4) is 0 Å². The molecular weight excluding hydrogens is 266 g/mol. The largest absolute Gasteiger partial charge is 0.496 e. The van der Waals surface area contributed by atoms with Crippen molar-refractivity contribution in [3.8, 4) is 5.75 Å². The van der Waals surface area contributed by atoms with E-state index in [1.165, 1.54) is 5.56 Å². The van der Waals surface area contributed by atoms with Crippen LogP contribution in [0.2, 0.25) is 0 Å². The average Bonchev–Trinajstić information content (AvgIpc) is 2.28. The van der Waals surface area contributed by atoms with Crippen molar-refractivity contribution in [3.63, 3.8) is 0 Å². The van der Waals surface area contributed by atoms with Crippen LogP contribution in [0.4, 0.5) is 0 Å². The molecule has 0 spiro atoms. The van der Waals surface area contributed by atoms with Gasteiger partial charge in [-0.15, -0.1) is 0 Å². The second-order valence-electron chi connectivity index (χ2n) is 3.84. The fourth-order valence-electron chi connectivity index (χ4n) is 1.77. The van der Waals surface area contributed by atoms with E-state index < -0.39 is 0 Å². The highest BCUT2D eigenvalue weighted by Gasteiger charge is 2.07. The third-order valence-electron chi connectivity index (χ3n) is 2.68. The molecule has 1 unspecified atom stereocenters. The summed E-state index contributed by atoms with van der Waals surface area (Å²) in [6, 6.07) is 6.84. The highest BCUT2D eigenvalue weighted by Crippen LogP contribution is 2.26. The zero-order chi connectivity index (χ0) is 12.0. The van der Waals surface area contributed by atoms with E-state index in [4.69, 9.17) is 4.74 Å². The Balaban J connectivity index is 2.69. The number of methoxy groups -OCH3 is 1. The van der Waals surface area contributed by atoms with Crippen LogP contribution in [0.25, 0.3) is 0 Å². The summed E-state index contributed by atoms with van der Waals surface area (Å²) < 4.78 is 6.24. The van der Waals surface area contributed by atoms with Crippen LogP contribution in [0.15, 0.2) is 22.7 Å². The van der Waals surface area contributed by atoms with Crippen LogP contribution in [-0.2, 0) is 6.42 Å². The lowest BCUT2D eigenvalue weighted by molar-refractivity contribution is 0.411. The van der Waals surface area contributed by atoms with E-state index in [1.807, 2.05) is 6.07 Å². The summed E-state index contributed by atoms with van der Waals surface area (Å²) in [5.41, 5.74) is 1.33. The summed E-state index contributed by atoms with van der Waals surface area (Å²) in [4.78, 5) is 0. The van der Waals surface area contributed by atoms with E-state index in [9.17, 15) is 0 Å². The van der Waals surface area contributed by atoms with Gasteiger partial charge in [0.1, 0.15) is 5.75 Å². The van der Waals surface area contributed by atoms with Crippen molar-refractivity contribution >= 4 is 15.9 Å². The zero-order valence-corrected chi connectivity index (χ0v) is 11.8. The normalized spacial score (nSPS) is 12.5. The van der Waals surface area contributed by atoms with Gasteiger partial charge >= 0.3 is 0 Å². The lowest BCUT2D eigenvalue weighted by atomic mass is 10.0. The molecule has 0 saturated heterocycles. The molecule has 0 aliphatic carbocycles. The van der Waals surface area contributed by atoms with Crippen molar-refractivity contribution < 1.29 is 4.74 Å². The van der Waals surface area contributed by atoms with E-state index in [0.717, 1.165) is 29.6 Å². The van der Waals surface area contributed by atoms with Gasteiger partial charge in [0.05, 0.1) is 11.6 Å². The van der Waals surface area contributed by atoms with Crippen molar-refractivity contribution in [2.75, 3.05) is 13.7 Å². The number of hydrogen-bond donors (Lipinski definition) is 1. The maximum absolute atomic E-state index is 5.22. The summed E-state index contributed by atoms with van der Waals surface area (Å²) in [6.45, 7) is 5.38. The third-order valence-corrected chi connectivity index (χ3v) is 3.30. The predicted octanol–water partition coefficient (Wildman–Crippen LogP) is 3.39.